The number of nitrogens with one attached hydrogen (secondary N) is 1. The van der Waals surface area contributed by atoms with E-state index in [1.807, 2.05) is 48.5 Å². The van der Waals surface area contributed by atoms with Gasteiger partial charge in [0.25, 0.3) is 0 Å². The molecular weight excluding hydrogens is 368 g/mol. The molecule has 0 saturated carbocycles. The number of ether oxygens (including phenoxy) is 1. The lowest BCUT2D eigenvalue weighted by Crippen LogP contribution is -2.36. The van der Waals surface area contributed by atoms with Crippen LogP contribution in [0.3, 0.4) is 0 Å². The van der Waals surface area contributed by atoms with Crippen molar-refractivity contribution >= 4 is 23.2 Å². The number of nitrogens with zero attached hydrogens (tertiary/aromatic N) is 1. The highest BCUT2D eigenvalue weighted by Gasteiger charge is 2.19. The molecule has 0 saturated heterocycles. The molecule has 2 N–H and O–H groups in total. The van der Waals surface area contributed by atoms with Crippen LogP contribution in [-0.2, 0) is 16.0 Å². The van der Waals surface area contributed by atoms with Gasteiger partial charge in [-0.2, -0.15) is 0 Å². The monoisotopic (exact) mass is 396 g/mol. The first-order valence-corrected chi connectivity index (χ1v) is 10.1. The van der Waals surface area contributed by atoms with Crippen molar-refractivity contribution in [2.24, 2.45) is 0 Å². The third kappa shape index (κ3) is 5.81. The van der Waals surface area contributed by atoms with E-state index in [1.165, 1.54) is 0 Å². The predicted molar refractivity (Wildman–Crippen MR) is 113 cm³/mol. The minimum absolute atomic E-state index is 0.00287. The molecule has 0 spiro atoms. The smallest absolute Gasteiger partial charge is 0.227 e. The average Bonchev–Trinajstić information content (AvgIpc) is 2.72. The number of para-hydroxylation sites is 1. The second-order valence-electron chi connectivity index (χ2n) is 7.32. The van der Waals surface area contributed by atoms with Gasteiger partial charge in [-0.25, -0.2) is 0 Å². The van der Waals surface area contributed by atoms with Crippen molar-refractivity contribution in [2.45, 2.75) is 45.1 Å². The van der Waals surface area contributed by atoms with Gasteiger partial charge in [0.2, 0.25) is 11.8 Å². The Kier molecular flexibility index (Phi) is 7.25. The predicted octanol–water partition coefficient (Wildman–Crippen LogP) is 3.53. The molecule has 1 atom stereocenters. The van der Waals surface area contributed by atoms with E-state index in [2.05, 4.69) is 5.32 Å². The first-order chi connectivity index (χ1) is 14.0. The van der Waals surface area contributed by atoms with Crippen molar-refractivity contribution < 1.29 is 19.4 Å². The van der Waals surface area contributed by atoms with Gasteiger partial charge >= 0.3 is 0 Å². The number of fused-ring (bicyclic) bond motifs is 1. The number of hydrogen-bond acceptors (Lipinski definition) is 4. The molecule has 1 aliphatic rings. The molecule has 1 heterocycles. The molecule has 0 aromatic heterocycles. The highest BCUT2D eigenvalue weighted by atomic mass is 16.5. The summed E-state index contributed by atoms with van der Waals surface area (Å²) in [4.78, 5) is 25.8. The fourth-order valence-corrected chi connectivity index (χ4v) is 3.45. The molecule has 6 heteroatoms. The summed E-state index contributed by atoms with van der Waals surface area (Å²) in [7, 11) is 0. The number of carbonyl (C=O) groups is 2. The lowest BCUT2D eigenvalue weighted by atomic mass is 10.0. The zero-order chi connectivity index (χ0) is 20.6. The van der Waals surface area contributed by atoms with Crippen molar-refractivity contribution in [2.75, 3.05) is 23.4 Å². The van der Waals surface area contributed by atoms with Crippen LogP contribution in [0.1, 0.15) is 38.2 Å². The summed E-state index contributed by atoms with van der Waals surface area (Å²) in [5.74, 6) is 0.832. The Hall–Kier alpha value is -2.86. The Balaban J connectivity index is 1.48. The molecular formula is C23H28N2O4. The van der Waals surface area contributed by atoms with E-state index < -0.39 is 6.10 Å². The normalized spacial score (nSPS) is 13.9. The highest BCUT2D eigenvalue weighted by molar-refractivity contribution is 5.94. The van der Waals surface area contributed by atoms with E-state index in [4.69, 9.17) is 4.74 Å². The van der Waals surface area contributed by atoms with E-state index in [0.29, 0.717) is 32.3 Å². The van der Waals surface area contributed by atoms with E-state index >= 15 is 0 Å². The maximum Gasteiger partial charge on any atom is 0.227 e. The van der Waals surface area contributed by atoms with Crippen LogP contribution in [0, 0.1) is 0 Å². The Morgan fingerprint density at radius 2 is 1.93 bits per heavy atom. The molecule has 29 heavy (non-hydrogen) atoms. The maximum absolute atomic E-state index is 12.7. The first-order valence-electron chi connectivity index (χ1n) is 10.1. The van der Waals surface area contributed by atoms with Gasteiger partial charge in [0.05, 0.1) is 19.3 Å². The number of benzene rings is 2. The zero-order valence-corrected chi connectivity index (χ0v) is 16.8. The molecule has 0 bridgehead atoms. The molecule has 2 amide bonds. The number of anilines is 2. The molecule has 0 fully saturated rings. The van der Waals surface area contributed by atoms with Crippen LogP contribution in [0.25, 0.3) is 0 Å². The number of rotatable bonds is 9. The van der Waals surface area contributed by atoms with Crippen LogP contribution in [0.5, 0.6) is 5.75 Å². The standard InChI is InChI=1S/C23H28N2O4/c1-17(26)16-25(18-8-3-2-4-9-18)23(28)12-5-6-15-29-21-11-7-10-20-19(21)13-14-22(27)24-20/h2-4,7-11,17,26H,5-6,12-16H2,1H3,(H,24,27). The molecule has 1 aliphatic heterocycles. The fraction of sp³-hybridized carbons (Fsp3) is 0.391. The Morgan fingerprint density at radius 3 is 2.69 bits per heavy atom. The summed E-state index contributed by atoms with van der Waals surface area (Å²) in [6.07, 6.45) is 2.41. The lowest BCUT2D eigenvalue weighted by molar-refractivity contribution is -0.119. The molecule has 0 aliphatic carbocycles. The maximum atomic E-state index is 12.7. The van der Waals surface area contributed by atoms with Crippen molar-refractivity contribution in [3.63, 3.8) is 0 Å². The third-order valence-corrected chi connectivity index (χ3v) is 4.87. The summed E-state index contributed by atoms with van der Waals surface area (Å²) in [6, 6.07) is 15.1. The van der Waals surface area contributed by atoms with Crippen LogP contribution >= 0.6 is 0 Å². The van der Waals surface area contributed by atoms with Gasteiger partial charge in [0.15, 0.2) is 0 Å². The summed E-state index contributed by atoms with van der Waals surface area (Å²) in [5, 5.41) is 12.6. The number of amides is 2. The summed E-state index contributed by atoms with van der Waals surface area (Å²) in [6.45, 7) is 2.47. The Labute approximate surface area is 171 Å². The first kappa shape index (κ1) is 20.9. The van der Waals surface area contributed by atoms with Gasteiger partial charge in [0, 0.05) is 29.8 Å². The molecule has 2 aromatic rings. The third-order valence-electron chi connectivity index (χ3n) is 4.87. The molecule has 0 radical (unpaired) electrons. The second kappa shape index (κ2) is 10.1. The second-order valence-corrected chi connectivity index (χ2v) is 7.32. The van der Waals surface area contributed by atoms with Crippen LogP contribution in [0.4, 0.5) is 11.4 Å². The summed E-state index contributed by atoms with van der Waals surface area (Å²) >= 11 is 0. The topological polar surface area (TPSA) is 78.9 Å². The zero-order valence-electron chi connectivity index (χ0n) is 16.8. The van der Waals surface area contributed by atoms with Gasteiger partial charge in [-0.05, 0) is 50.5 Å². The number of unbranched alkanes of at least 4 members (excludes halogenated alkanes) is 1. The number of carbonyl (C=O) groups excluding carboxylic acids is 2. The quantitative estimate of drug-likeness (QED) is 0.636. The summed E-state index contributed by atoms with van der Waals surface area (Å²) < 4.78 is 5.91. The summed E-state index contributed by atoms with van der Waals surface area (Å²) in [5.41, 5.74) is 2.66. The van der Waals surface area contributed by atoms with Crippen LogP contribution in [0.15, 0.2) is 48.5 Å². The highest BCUT2D eigenvalue weighted by Crippen LogP contribution is 2.31. The lowest BCUT2D eigenvalue weighted by Gasteiger charge is -2.24. The van der Waals surface area contributed by atoms with E-state index in [1.54, 1.807) is 11.8 Å². The Morgan fingerprint density at radius 1 is 1.14 bits per heavy atom. The van der Waals surface area contributed by atoms with Crippen LogP contribution < -0.4 is 15.0 Å². The number of hydrogen-bond donors (Lipinski definition) is 2. The molecule has 6 nitrogen and oxygen atoms in total. The van der Waals surface area contributed by atoms with E-state index in [0.717, 1.165) is 29.1 Å². The molecule has 2 aromatic carbocycles. The molecule has 154 valence electrons. The average molecular weight is 396 g/mol. The van der Waals surface area contributed by atoms with Crippen molar-refractivity contribution in [1.29, 1.82) is 0 Å². The van der Waals surface area contributed by atoms with Crippen molar-refractivity contribution in [3.8, 4) is 5.75 Å². The largest absolute Gasteiger partial charge is 0.493 e. The van der Waals surface area contributed by atoms with Crippen molar-refractivity contribution in [3.05, 3.63) is 54.1 Å². The minimum atomic E-state index is -0.591. The minimum Gasteiger partial charge on any atom is -0.493 e. The SMILES string of the molecule is CC(O)CN(C(=O)CCCCOc1cccc2c1CCC(=O)N2)c1ccccc1. The van der Waals surface area contributed by atoms with Crippen LogP contribution in [0.2, 0.25) is 0 Å². The van der Waals surface area contributed by atoms with Gasteiger partial charge < -0.3 is 20.1 Å². The van der Waals surface area contributed by atoms with Gasteiger partial charge in [-0.15, -0.1) is 0 Å². The fourth-order valence-electron chi connectivity index (χ4n) is 3.45. The Bertz CT molecular complexity index is 836. The van der Waals surface area contributed by atoms with Crippen molar-refractivity contribution in [1.82, 2.24) is 0 Å². The van der Waals surface area contributed by atoms with E-state index in [9.17, 15) is 14.7 Å². The van der Waals surface area contributed by atoms with Gasteiger partial charge in [-0.1, -0.05) is 24.3 Å². The van der Waals surface area contributed by atoms with Gasteiger partial charge in [0.1, 0.15) is 5.75 Å². The van der Waals surface area contributed by atoms with Crippen LogP contribution in [-0.4, -0.2) is 36.2 Å². The molecule has 3 rings (SSSR count). The number of aliphatic hydroxyl groups excluding tert-OH is 1. The van der Waals surface area contributed by atoms with E-state index in [-0.39, 0.29) is 18.4 Å². The molecule has 1 unspecified atom stereocenters. The van der Waals surface area contributed by atoms with Gasteiger partial charge in [-0.3, -0.25) is 9.59 Å². The number of aliphatic hydroxyl groups is 1.